The van der Waals surface area contributed by atoms with Crippen LogP contribution in [0.5, 0.6) is 0 Å². The molecule has 0 fully saturated rings. The Hall–Kier alpha value is -4.44. The van der Waals surface area contributed by atoms with Crippen LogP contribution in [-0.4, -0.2) is 16.6 Å². The van der Waals surface area contributed by atoms with Gasteiger partial charge in [-0.3, -0.25) is 0 Å². The number of hydrogen-bond acceptors (Lipinski definition) is 4. The van der Waals surface area contributed by atoms with Gasteiger partial charge in [0.15, 0.2) is 11.6 Å². The second kappa shape index (κ2) is 8.24. The molecule has 6 rings (SSSR count). The zero-order chi connectivity index (χ0) is 22.0. The van der Waals surface area contributed by atoms with Gasteiger partial charge in [0.25, 0.3) is 0 Å². The second-order valence-electron chi connectivity index (χ2n) is 8.03. The Morgan fingerprint density at radius 3 is 1.18 bits per heavy atom. The molecular weight excluding hydrogens is 404 g/mol. The summed E-state index contributed by atoms with van der Waals surface area (Å²) in [7, 11) is 0. The maximum atomic E-state index is 4.66. The van der Waals surface area contributed by atoms with Crippen molar-refractivity contribution >= 4 is 23.0 Å². The van der Waals surface area contributed by atoms with Crippen LogP contribution in [0.4, 0.5) is 23.0 Å². The zero-order valence-corrected chi connectivity index (χ0v) is 18.0. The largest absolute Gasteiger partial charge is 0.305 e. The fraction of sp³-hybridized carbons (Fsp3) is 0.0345. The summed E-state index contributed by atoms with van der Waals surface area (Å²) in [6, 6.07) is 38.2. The van der Waals surface area contributed by atoms with Crippen LogP contribution < -0.4 is 9.80 Å². The lowest BCUT2D eigenvalue weighted by atomic mass is 10.1. The first-order valence-electron chi connectivity index (χ1n) is 11.0. The average molecular weight is 427 g/mol. The SMILES string of the molecule is c1ccc(-c2ccc(N3CN(c4ccc(-c5ccccc5)cc4)c4nccnc43)cc2)cc1. The molecule has 4 aromatic carbocycles. The van der Waals surface area contributed by atoms with Crippen LogP contribution in [0.15, 0.2) is 122 Å². The molecule has 0 atom stereocenters. The lowest BCUT2D eigenvalue weighted by Gasteiger charge is -2.21. The van der Waals surface area contributed by atoms with Crippen LogP contribution in [0.3, 0.4) is 0 Å². The number of benzene rings is 4. The minimum atomic E-state index is 0.661. The van der Waals surface area contributed by atoms with Crippen molar-refractivity contribution in [3.8, 4) is 22.3 Å². The smallest absolute Gasteiger partial charge is 0.178 e. The van der Waals surface area contributed by atoms with Crippen molar-refractivity contribution in [1.29, 1.82) is 0 Å². The molecule has 0 saturated carbocycles. The van der Waals surface area contributed by atoms with E-state index in [9.17, 15) is 0 Å². The zero-order valence-electron chi connectivity index (χ0n) is 18.0. The summed E-state index contributed by atoms with van der Waals surface area (Å²) in [5.74, 6) is 1.74. The topological polar surface area (TPSA) is 32.3 Å². The predicted molar refractivity (Wildman–Crippen MR) is 135 cm³/mol. The fourth-order valence-corrected chi connectivity index (χ4v) is 4.32. The van der Waals surface area contributed by atoms with Crippen LogP contribution in [0.2, 0.25) is 0 Å². The Balaban J connectivity index is 1.31. The highest BCUT2D eigenvalue weighted by atomic mass is 15.4. The molecule has 1 aliphatic heterocycles. The van der Waals surface area contributed by atoms with Gasteiger partial charge in [-0.05, 0) is 46.5 Å². The number of rotatable bonds is 4. The highest BCUT2D eigenvalue weighted by Gasteiger charge is 2.30. The molecule has 33 heavy (non-hydrogen) atoms. The van der Waals surface area contributed by atoms with E-state index in [0.29, 0.717) is 6.67 Å². The Morgan fingerprint density at radius 2 is 0.788 bits per heavy atom. The first kappa shape index (κ1) is 19.3. The first-order valence-corrected chi connectivity index (χ1v) is 11.0. The van der Waals surface area contributed by atoms with Crippen molar-refractivity contribution in [3.05, 3.63) is 122 Å². The summed E-state index contributed by atoms with van der Waals surface area (Å²) in [5.41, 5.74) is 7.02. The molecule has 0 amide bonds. The molecule has 0 aliphatic carbocycles. The second-order valence-corrected chi connectivity index (χ2v) is 8.03. The molecule has 0 unspecified atom stereocenters. The van der Waals surface area contributed by atoms with Crippen LogP contribution >= 0.6 is 0 Å². The first-order chi connectivity index (χ1) is 16.4. The molecule has 2 heterocycles. The minimum absolute atomic E-state index is 0.661. The van der Waals surface area contributed by atoms with Crippen molar-refractivity contribution in [3.63, 3.8) is 0 Å². The lowest BCUT2D eigenvalue weighted by molar-refractivity contribution is 0.976. The molecule has 5 aromatic rings. The highest BCUT2D eigenvalue weighted by Crippen LogP contribution is 2.41. The fourth-order valence-electron chi connectivity index (χ4n) is 4.32. The third kappa shape index (κ3) is 3.62. The van der Waals surface area contributed by atoms with Crippen molar-refractivity contribution in [2.24, 2.45) is 0 Å². The Labute approximate surface area is 193 Å². The number of aromatic nitrogens is 2. The molecule has 0 spiro atoms. The number of hydrogen-bond donors (Lipinski definition) is 0. The van der Waals surface area contributed by atoms with E-state index < -0.39 is 0 Å². The van der Waals surface area contributed by atoms with Crippen LogP contribution in [0.25, 0.3) is 22.3 Å². The van der Waals surface area contributed by atoms with Crippen molar-refractivity contribution in [2.45, 2.75) is 0 Å². The maximum Gasteiger partial charge on any atom is 0.178 e. The molecule has 0 N–H and O–H groups in total. The molecule has 4 nitrogen and oxygen atoms in total. The summed E-state index contributed by atoms with van der Waals surface area (Å²) in [6.45, 7) is 0.661. The Kier molecular flexibility index (Phi) is 4.81. The van der Waals surface area contributed by atoms with E-state index >= 15 is 0 Å². The minimum Gasteiger partial charge on any atom is -0.305 e. The van der Waals surface area contributed by atoms with Gasteiger partial charge in [-0.25, -0.2) is 9.97 Å². The third-order valence-electron chi connectivity index (χ3n) is 6.03. The molecule has 0 saturated heterocycles. The van der Waals surface area contributed by atoms with Gasteiger partial charge < -0.3 is 9.80 Å². The van der Waals surface area contributed by atoms with Gasteiger partial charge in [-0.2, -0.15) is 0 Å². The van der Waals surface area contributed by atoms with E-state index in [1.165, 1.54) is 22.3 Å². The van der Waals surface area contributed by atoms with E-state index in [1.807, 2.05) is 12.1 Å². The van der Waals surface area contributed by atoms with Gasteiger partial charge >= 0.3 is 0 Å². The average Bonchev–Trinajstić information content (AvgIpc) is 3.30. The summed E-state index contributed by atoms with van der Waals surface area (Å²) in [6.07, 6.45) is 3.51. The molecule has 1 aromatic heterocycles. The lowest BCUT2D eigenvalue weighted by Crippen LogP contribution is -2.24. The van der Waals surface area contributed by atoms with E-state index in [0.717, 1.165) is 23.0 Å². The summed E-state index contributed by atoms with van der Waals surface area (Å²) in [4.78, 5) is 13.7. The molecule has 158 valence electrons. The van der Waals surface area contributed by atoms with E-state index in [2.05, 4.69) is 117 Å². The summed E-state index contributed by atoms with van der Waals surface area (Å²) in [5, 5.41) is 0. The van der Waals surface area contributed by atoms with Crippen molar-refractivity contribution in [2.75, 3.05) is 16.5 Å². The van der Waals surface area contributed by atoms with Crippen molar-refractivity contribution < 1.29 is 0 Å². The van der Waals surface area contributed by atoms with Gasteiger partial charge in [-0.15, -0.1) is 0 Å². The van der Waals surface area contributed by atoms with Crippen molar-refractivity contribution in [1.82, 2.24) is 9.97 Å². The van der Waals surface area contributed by atoms with Gasteiger partial charge in [-0.1, -0.05) is 84.9 Å². The standard InChI is InChI=1S/C29H22N4/c1-3-7-22(8-4-1)24-11-15-26(16-12-24)32-21-33(29-28(32)30-19-20-31-29)27-17-13-25(14-18-27)23-9-5-2-6-10-23/h1-20H,21H2. The number of anilines is 4. The van der Waals surface area contributed by atoms with Gasteiger partial charge in [0, 0.05) is 23.8 Å². The van der Waals surface area contributed by atoms with E-state index in [-0.39, 0.29) is 0 Å². The molecular formula is C29H22N4. The summed E-state index contributed by atoms with van der Waals surface area (Å²) < 4.78 is 0. The molecule has 1 aliphatic rings. The number of fused-ring (bicyclic) bond motifs is 1. The number of nitrogens with zero attached hydrogens (tertiary/aromatic N) is 4. The van der Waals surface area contributed by atoms with Crippen LogP contribution in [-0.2, 0) is 0 Å². The van der Waals surface area contributed by atoms with Gasteiger partial charge in [0.2, 0.25) is 0 Å². The Morgan fingerprint density at radius 1 is 0.424 bits per heavy atom. The third-order valence-corrected chi connectivity index (χ3v) is 6.03. The van der Waals surface area contributed by atoms with Gasteiger partial charge in [0.05, 0.1) is 0 Å². The molecule has 4 heteroatoms. The van der Waals surface area contributed by atoms with E-state index in [1.54, 1.807) is 12.4 Å². The summed E-state index contributed by atoms with van der Waals surface area (Å²) >= 11 is 0. The van der Waals surface area contributed by atoms with E-state index in [4.69, 9.17) is 0 Å². The van der Waals surface area contributed by atoms with Gasteiger partial charge in [0.1, 0.15) is 6.67 Å². The normalized spacial score (nSPS) is 12.6. The maximum absolute atomic E-state index is 4.66. The predicted octanol–water partition coefficient (Wildman–Crippen LogP) is 7.06. The molecule has 0 bridgehead atoms. The van der Waals surface area contributed by atoms with Crippen LogP contribution in [0.1, 0.15) is 0 Å². The highest BCUT2D eigenvalue weighted by molar-refractivity contribution is 5.83. The molecule has 0 radical (unpaired) electrons. The Bertz CT molecular complexity index is 1260. The van der Waals surface area contributed by atoms with Crippen LogP contribution in [0, 0.1) is 0 Å². The quantitative estimate of drug-likeness (QED) is 0.308. The monoisotopic (exact) mass is 426 g/mol.